The molecule has 9 nitrogen and oxygen atoms in total. The highest BCUT2D eigenvalue weighted by Gasteiger charge is 2.64. The Hall–Kier alpha value is -3.97. The van der Waals surface area contributed by atoms with Crippen molar-refractivity contribution in [2.24, 2.45) is 17.8 Å². The van der Waals surface area contributed by atoms with Gasteiger partial charge in [0.15, 0.2) is 11.5 Å². The average molecular weight is 524 g/mol. The molecule has 2 heterocycles. The van der Waals surface area contributed by atoms with Gasteiger partial charge in [-0.3, -0.25) is 9.79 Å². The largest absolute Gasteiger partial charge is 0.459 e. The van der Waals surface area contributed by atoms with Gasteiger partial charge < -0.3 is 11.1 Å². The van der Waals surface area contributed by atoms with Gasteiger partial charge in [0.05, 0.1) is 24.0 Å². The Kier molecular flexibility index (Phi) is 6.36. The van der Waals surface area contributed by atoms with Crippen molar-refractivity contribution < 1.29 is 39.9 Å². The summed E-state index contributed by atoms with van der Waals surface area (Å²) in [5.41, 5.74) is -0.623. The maximum atomic E-state index is 13.8. The molecule has 0 saturated heterocycles. The lowest BCUT2D eigenvalue weighted by atomic mass is 10.1. The molecule has 3 rings (SSSR count). The Balaban J connectivity index is 1.99. The van der Waals surface area contributed by atoms with Gasteiger partial charge >= 0.3 is 18.3 Å². The number of nitrogens with zero attached hydrogens (tertiary/aromatic N) is 6. The minimum Gasteiger partial charge on any atom is -0.402 e. The number of carbonyl (C=O) groups is 1. The predicted octanol–water partition coefficient (Wildman–Crippen LogP) is 3.39. The molecule has 0 aromatic carbocycles. The number of nitrogens with one attached hydrogen (secondary N) is 1. The lowest BCUT2D eigenvalue weighted by molar-refractivity contribution is -0.292. The Morgan fingerprint density at radius 2 is 1.86 bits per heavy atom. The predicted molar refractivity (Wildman–Crippen MR) is 106 cm³/mol. The fourth-order valence-electron chi connectivity index (χ4n) is 3.04. The van der Waals surface area contributed by atoms with Crippen molar-refractivity contribution in [3.8, 4) is 11.9 Å². The fourth-order valence-corrected chi connectivity index (χ4v) is 3.04. The number of rotatable bonds is 6. The Morgan fingerprint density at radius 1 is 1.25 bits per heavy atom. The van der Waals surface area contributed by atoms with Crippen LogP contribution in [0.15, 0.2) is 28.7 Å². The van der Waals surface area contributed by atoms with Crippen LogP contribution >= 0.6 is 0 Å². The summed E-state index contributed by atoms with van der Waals surface area (Å²) in [6.07, 6.45) is -8.55. The molecule has 1 aliphatic rings. The van der Waals surface area contributed by atoms with E-state index in [0.717, 1.165) is 25.7 Å². The first kappa shape index (κ1) is 26.6. The summed E-state index contributed by atoms with van der Waals surface area (Å²) in [6.45, 7) is 1.35. The molecule has 194 valence electrons. The maximum absolute atomic E-state index is 13.8. The number of hydrogen-bond acceptors (Lipinski definition) is 6. The lowest BCUT2D eigenvalue weighted by Gasteiger charge is -2.19. The van der Waals surface area contributed by atoms with Crippen LogP contribution in [0.2, 0.25) is 0 Å². The molecule has 1 aliphatic carbocycles. The van der Waals surface area contributed by atoms with Gasteiger partial charge in [-0.1, -0.05) is 0 Å². The van der Waals surface area contributed by atoms with Crippen LogP contribution in [0, 0.1) is 11.3 Å². The number of aliphatic imine (C=N–C) groups is 1. The van der Waals surface area contributed by atoms with Gasteiger partial charge in [-0.15, -0.1) is 0 Å². The first-order valence-electron chi connectivity index (χ1n) is 9.82. The molecule has 0 bridgehead atoms. The van der Waals surface area contributed by atoms with Crippen LogP contribution in [-0.2, 0) is 23.9 Å². The van der Waals surface area contributed by atoms with Crippen molar-refractivity contribution in [2.45, 2.75) is 43.6 Å². The summed E-state index contributed by atoms with van der Waals surface area (Å²) in [4.78, 5) is 16.3. The zero-order chi connectivity index (χ0) is 27.3. The summed E-state index contributed by atoms with van der Waals surface area (Å²) in [6, 6.07) is 1.94. The van der Waals surface area contributed by atoms with E-state index in [1.54, 1.807) is 0 Å². The molecule has 2 aromatic rings. The Labute approximate surface area is 196 Å². The molecule has 0 spiro atoms. The van der Waals surface area contributed by atoms with E-state index in [-0.39, 0.29) is 21.6 Å². The number of alkyl halides is 8. The number of aryl methyl sites for hydroxylation is 1. The minimum atomic E-state index is -6.34. The SMILES string of the molecule is CC(N)=C(C=Nc1cnn(-c2c(C(F)(F)F)c(C(F)(F)C(F)(F)F)nn2C)c1)C(=O)NC1(C#N)CC1. The van der Waals surface area contributed by atoms with Crippen LogP contribution in [-0.4, -0.2) is 43.4 Å². The molecule has 0 unspecified atom stereocenters. The highest BCUT2D eigenvalue weighted by atomic mass is 19.4. The Bertz CT molecular complexity index is 1280. The second kappa shape index (κ2) is 8.60. The van der Waals surface area contributed by atoms with Gasteiger partial charge in [0.1, 0.15) is 16.8 Å². The standard InChI is InChI=1S/C19H16F8N8O/c1-9(29)11(14(36)32-16(8-28)3-4-16)6-30-10-5-31-35(7-10)15-12(18(22,23)24)13(33-34(15)2)17(20,21)19(25,26)27/h5-7H,3-4,29H2,1-2H3,(H,32,36). The van der Waals surface area contributed by atoms with E-state index in [1.165, 1.54) is 6.92 Å². The lowest BCUT2D eigenvalue weighted by Crippen LogP contribution is -2.37. The molecule has 1 saturated carbocycles. The van der Waals surface area contributed by atoms with Gasteiger partial charge in [0.25, 0.3) is 5.91 Å². The van der Waals surface area contributed by atoms with E-state index in [2.05, 4.69) is 20.5 Å². The first-order valence-corrected chi connectivity index (χ1v) is 9.82. The van der Waals surface area contributed by atoms with E-state index in [4.69, 9.17) is 11.0 Å². The molecule has 3 N–H and O–H groups in total. The Morgan fingerprint density at radius 3 is 2.33 bits per heavy atom. The molecular weight excluding hydrogens is 508 g/mol. The van der Waals surface area contributed by atoms with Crippen LogP contribution in [0.3, 0.4) is 0 Å². The van der Waals surface area contributed by atoms with Crippen molar-refractivity contribution in [3.63, 3.8) is 0 Å². The zero-order valence-electron chi connectivity index (χ0n) is 18.3. The number of allylic oxidation sites excluding steroid dienone is 1. The van der Waals surface area contributed by atoms with Gasteiger partial charge in [-0.25, -0.2) is 9.36 Å². The number of amides is 1. The fraction of sp³-hybridized carbons (Fsp3) is 0.421. The van der Waals surface area contributed by atoms with Crippen molar-refractivity contribution in [3.05, 3.63) is 34.9 Å². The third-order valence-corrected chi connectivity index (χ3v) is 5.07. The van der Waals surface area contributed by atoms with Gasteiger partial charge in [0, 0.05) is 19.0 Å². The third kappa shape index (κ3) is 4.88. The van der Waals surface area contributed by atoms with Crippen LogP contribution in [0.4, 0.5) is 40.8 Å². The molecular formula is C19H16F8N8O. The summed E-state index contributed by atoms with van der Waals surface area (Å²) < 4.78 is 108. The zero-order valence-corrected chi connectivity index (χ0v) is 18.3. The third-order valence-electron chi connectivity index (χ3n) is 5.07. The topological polar surface area (TPSA) is 127 Å². The highest BCUT2D eigenvalue weighted by Crippen LogP contribution is 2.49. The van der Waals surface area contributed by atoms with Crippen LogP contribution in [0.25, 0.3) is 5.82 Å². The number of aromatic nitrogens is 4. The highest BCUT2D eigenvalue weighted by molar-refractivity contribution is 6.13. The molecule has 17 heteroatoms. The molecule has 2 aromatic heterocycles. The van der Waals surface area contributed by atoms with Crippen molar-refractivity contribution >= 4 is 17.8 Å². The van der Waals surface area contributed by atoms with Crippen LogP contribution < -0.4 is 11.1 Å². The van der Waals surface area contributed by atoms with E-state index in [0.29, 0.717) is 17.5 Å². The number of hydrogen-bond donors (Lipinski definition) is 2. The number of nitrogens with two attached hydrogens (primary N) is 1. The number of halogens is 8. The van der Waals surface area contributed by atoms with Crippen molar-refractivity contribution in [2.75, 3.05) is 0 Å². The van der Waals surface area contributed by atoms with E-state index in [9.17, 15) is 39.9 Å². The average Bonchev–Trinajstić information content (AvgIpc) is 3.18. The van der Waals surface area contributed by atoms with Crippen LogP contribution in [0.5, 0.6) is 0 Å². The number of nitriles is 1. The van der Waals surface area contributed by atoms with Crippen LogP contribution in [0.1, 0.15) is 31.0 Å². The van der Waals surface area contributed by atoms with Gasteiger partial charge in [-0.2, -0.15) is 50.6 Å². The second-order valence-corrected chi connectivity index (χ2v) is 7.89. The normalized spacial score (nSPS) is 16.6. The summed E-state index contributed by atoms with van der Waals surface area (Å²) in [7, 11) is 0.733. The summed E-state index contributed by atoms with van der Waals surface area (Å²) in [5, 5.41) is 17.9. The molecule has 0 atom stereocenters. The van der Waals surface area contributed by atoms with E-state index < -0.39 is 46.8 Å². The smallest absolute Gasteiger partial charge is 0.402 e. The van der Waals surface area contributed by atoms with Gasteiger partial charge in [-0.05, 0) is 19.8 Å². The molecule has 0 aliphatic heterocycles. The quantitative estimate of drug-likeness (QED) is 0.340. The first-order chi connectivity index (χ1) is 16.4. The second-order valence-electron chi connectivity index (χ2n) is 7.89. The molecule has 1 amide bonds. The van der Waals surface area contributed by atoms with Gasteiger partial charge in [0.2, 0.25) is 0 Å². The van der Waals surface area contributed by atoms with Crippen molar-refractivity contribution in [1.29, 1.82) is 5.26 Å². The number of carbonyl (C=O) groups excluding carboxylic acids is 1. The summed E-state index contributed by atoms with van der Waals surface area (Å²) >= 11 is 0. The summed E-state index contributed by atoms with van der Waals surface area (Å²) in [5.74, 6) is -7.87. The van der Waals surface area contributed by atoms with E-state index in [1.807, 2.05) is 6.07 Å². The van der Waals surface area contributed by atoms with Crippen molar-refractivity contribution in [1.82, 2.24) is 24.9 Å². The molecule has 1 fully saturated rings. The van der Waals surface area contributed by atoms with E-state index >= 15 is 0 Å². The molecule has 0 radical (unpaired) electrons. The monoisotopic (exact) mass is 524 g/mol. The maximum Gasteiger partial charge on any atom is 0.459 e. The minimum absolute atomic E-state index is 0.0117. The molecule has 36 heavy (non-hydrogen) atoms.